The van der Waals surface area contributed by atoms with Gasteiger partial charge in [0.2, 0.25) is 0 Å². The molecule has 0 N–H and O–H groups in total. The minimum atomic E-state index is 0.559. The Balaban J connectivity index is 2.20. The van der Waals surface area contributed by atoms with E-state index in [2.05, 4.69) is 11.1 Å². The van der Waals surface area contributed by atoms with E-state index in [1.165, 1.54) is 0 Å². The second-order valence-electron chi connectivity index (χ2n) is 3.50. The number of nitriles is 1. The van der Waals surface area contributed by atoms with Crippen LogP contribution in [-0.4, -0.2) is 4.98 Å². The molecule has 0 aliphatic carbocycles. The largest absolute Gasteiger partial charge is 0.263 e. The third-order valence-electron chi connectivity index (χ3n) is 2.23. The minimum absolute atomic E-state index is 0.559. The first kappa shape index (κ1) is 11.4. The SMILES string of the molecule is N#Cc1cncc(C=Cc2ccc(Cl)cc2)c1. The topological polar surface area (TPSA) is 36.7 Å². The zero-order valence-electron chi connectivity index (χ0n) is 8.97. The van der Waals surface area contributed by atoms with Gasteiger partial charge in [0, 0.05) is 17.4 Å². The van der Waals surface area contributed by atoms with Gasteiger partial charge in [-0.05, 0) is 29.3 Å². The van der Waals surface area contributed by atoms with Gasteiger partial charge in [-0.25, -0.2) is 0 Å². The van der Waals surface area contributed by atoms with Crippen molar-refractivity contribution in [3.05, 3.63) is 64.4 Å². The molecule has 0 bridgehead atoms. The molecule has 82 valence electrons. The monoisotopic (exact) mass is 240 g/mol. The molecule has 0 amide bonds. The number of halogens is 1. The van der Waals surface area contributed by atoms with Crippen molar-refractivity contribution in [2.45, 2.75) is 0 Å². The lowest BCUT2D eigenvalue weighted by Crippen LogP contribution is -1.80. The Morgan fingerprint density at radius 3 is 2.47 bits per heavy atom. The molecule has 1 aromatic heterocycles. The maximum atomic E-state index is 8.75. The molecule has 0 aliphatic rings. The van der Waals surface area contributed by atoms with E-state index in [9.17, 15) is 0 Å². The van der Waals surface area contributed by atoms with Crippen molar-refractivity contribution >= 4 is 23.8 Å². The minimum Gasteiger partial charge on any atom is -0.263 e. The summed E-state index contributed by atoms with van der Waals surface area (Å²) in [6.45, 7) is 0. The van der Waals surface area contributed by atoms with Crippen LogP contribution >= 0.6 is 11.6 Å². The second-order valence-corrected chi connectivity index (χ2v) is 3.94. The molecule has 0 saturated carbocycles. The van der Waals surface area contributed by atoms with Crippen molar-refractivity contribution in [1.29, 1.82) is 5.26 Å². The summed E-state index contributed by atoms with van der Waals surface area (Å²) in [5, 5.41) is 9.47. The summed E-state index contributed by atoms with van der Waals surface area (Å²) < 4.78 is 0. The Kier molecular flexibility index (Phi) is 3.54. The fourth-order valence-corrected chi connectivity index (χ4v) is 1.50. The Labute approximate surface area is 105 Å². The number of hydrogen-bond acceptors (Lipinski definition) is 2. The third-order valence-corrected chi connectivity index (χ3v) is 2.48. The number of pyridine rings is 1. The van der Waals surface area contributed by atoms with Crippen LogP contribution in [0.15, 0.2) is 42.7 Å². The van der Waals surface area contributed by atoms with E-state index in [0.29, 0.717) is 5.56 Å². The smallest absolute Gasteiger partial charge is 0.101 e. The number of benzene rings is 1. The molecule has 2 rings (SSSR count). The molecule has 2 nitrogen and oxygen atoms in total. The highest BCUT2D eigenvalue weighted by Crippen LogP contribution is 2.12. The molecule has 0 saturated heterocycles. The van der Waals surface area contributed by atoms with Gasteiger partial charge < -0.3 is 0 Å². The fraction of sp³-hybridized carbons (Fsp3) is 0. The number of aromatic nitrogens is 1. The van der Waals surface area contributed by atoms with Gasteiger partial charge in [-0.2, -0.15) is 5.26 Å². The van der Waals surface area contributed by atoms with Gasteiger partial charge in [0.1, 0.15) is 6.07 Å². The zero-order valence-corrected chi connectivity index (χ0v) is 9.72. The van der Waals surface area contributed by atoms with Gasteiger partial charge in [-0.1, -0.05) is 35.9 Å². The van der Waals surface area contributed by atoms with Crippen molar-refractivity contribution < 1.29 is 0 Å². The van der Waals surface area contributed by atoms with E-state index in [0.717, 1.165) is 16.1 Å². The van der Waals surface area contributed by atoms with Gasteiger partial charge in [0.25, 0.3) is 0 Å². The van der Waals surface area contributed by atoms with Crippen molar-refractivity contribution in [2.24, 2.45) is 0 Å². The van der Waals surface area contributed by atoms with Crippen LogP contribution in [0.4, 0.5) is 0 Å². The number of rotatable bonds is 2. The summed E-state index contributed by atoms with van der Waals surface area (Å²) in [5.41, 5.74) is 2.51. The summed E-state index contributed by atoms with van der Waals surface area (Å²) in [4.78, 5) is 3.99. The summed E-state index contributed by atoms with van der Waals surface area (Å²) in [5.74, 6) is 0. The molecule has 0 unspecified atom stereocenters. The van der Waals surface area contributed by atoms with Crippen LogP contribution in [0, 0.1) is 11.3 Å². The van der Waals surface area contributed by atoms with Crippen LogP contribution in [0.2, 0.25) is 5.02 Å². The Morgan fingerprint density at radius 1 is 1.06 bits per heavy atom. The van der Waals surface area contributed by atoms with Crippen LogP contribution in [0.1, 0.15) is 16.7 Å². The molecule has 0 atom stereocenters. The van der Waals surface area contributed by atoms with E-state index < -0.39 is 0 Å². The molecule has 0 fully saturated rings. The van der Waals surface area contributed by atoms with Crippen molar-refractivity contribution in [1.82, 2.24) is 4.98 Å². The van der Waals surface area contributed by atoms with Crippen molar-refractivity contribution in [2.75, 3.05) is 0 Å². The van der Waals surface area contributed by atoms with E-state index in [-0.39, 0.29) is 0 Å². The van der Waals surface area contributed by atoms with Gasteiger partial charge in [0.05, 0.1) is 5.56 Å². The predicted molar refractivity (Wildman–Crippen MR) is 69.3 cm³/mol. The van der Waals surface area contributed by atoms with Gasteiger partial charge in [-0.15, -0.1) is 0 Å². The highest BCUT2D eigenvalue weighted by molar-refractivity contribution is 6.30. The first-order valence-corrected chi connectivity index (χ1v) is 5.44. The van der Waals surface area contributed by atoms with Gasteiger partial charge in [0.15, 0.2) is 0 Å². The van der Waals surface area contributed by atoms with E-state index in [1.807, 2.05) is 36.4 Å². The predicted octanol–water partition coefficient (Wildman–Crippen LogP) is 3.78. The quantitative estimate of drug-likeness (QED) is 0.801. The fourth-order valence-electron chi connectivity index (χ4n) is 1.38. The molecule has 3 heteroatoms. The van der Waals surface area contributed by atoms with Crippen LogP contribution in [0.25, 0.3) is 12.2 Å². The van der Waals surface area contributed by atoms with Gasteiger partial charge >= 0.3 is 0 Å². The van der Waals surface area contributed by atoms with Crippen molar-refractivity contribution in [3.63, 3.8) is 0 Å². The molecule has 0 spiro atoms. The number of nitrogens with zero attached hydrogens (tertiary/aromatic N) is 2. The average Bonchev–Trinajstić information content (AvgIpc) is 2.38. The summed E-state index contributed by atoms with van der Waals surface area (Å²) >= 11 is 5.80. The van der Waals surface area contributed by atoms with Crippen LogP contribution in [0.3, 0.4) is 0 Å². The lowest BCUT2D eigenvalue weighted by Gasteiger charge is -1.95. The Bertz CT molecular complexity index is 580. The summed E-state index contributed by atoms with van der Waals surface area (Å²) in [6.07, 6.45) is 7.12. The zero-order chi connectivity index (χ0) is 12.1. The van der Waals surface area contributed by atoms with E-state index >= 15 is 0 Å². The first-order valence-electron chi connectivity index (χ1n) is 5.07. The van der Waals surface area contributed by atoms with E-state index in [1.54, 1.807) is 18.5 Å². The molecule has 2 aromatic rings. The molecule has 0 aliphatic heterocycles. The number of hydrogen-bond donors (Lipinski definition) is 0. The molecule has 17 heavy (non-hydrogen) atoms. The van der Waals surface area contributed by atoms with Crippen molar-refractivity contribution in [3.8, 4) is 6.07 Å². The van der Waals surface area contributed by atoms with Crippen LogP contribution in [0.5, 0.6) is 0 Å². The highest BCUT2D eigenvalue weighted by atomic mass is 35.5. The third kappa shape index (κ3) is 3.17. The molecule has 1 aromatic carbocycles. The second kappa shape index (κ2) is 5.29. The first-order chi connectivity index (χ1) is 8.28. The van der Waals surface area contributed by atoms with Crippen LogP contribution in [-0.2, 0) is 0 Å². The Morgan fingerprint density at radius 2 is 1.76 bits per heavy atom. The normalized spacial score (nSPS) is 10.4. The molecule has 0 radical (unpaired) electrons. The van der Waals surface area contributed by atoms with E-state index in [4.69, 9.17) is 16.9 Å². The summed E-state index contributed by atoms with van der Waals surface area (Å²) in [7, 11) is 0. The molecular formula is C14H9ClN2. The van der Waals surface area contributed by atoms with Crippen LogP contribution < -0.4 is 0 Å². The molecule has 1 heterocycles. The highest BCUT2D eigenvalue weighted by Gasteiger charge is 1.92. The maximum Gasteiger partial charge on any atom is 0.101 e. The van der Waals surface area contributed by atoms with Gasteiger partial charge in [-0.3, -0.25) is 4.98 Å². The maximum absolute atomic E-state index is 8.75. The summed E-state index contributed by atoms with van der Waals surface area (Å²) in [6, 6.07) is 11.4. The lowest BCUT2D eigenvalue weighted by atomic mass is 10.1. The lowest BCUT2D eigenvalue weighted by molar-refractivity contribution is 1.29. The molecular weight excluding hydrogens is 232 g/mol. The Hall–Kier alpha value is -2.11. The standard InChI is InChI=1S/C14H9ClN2/c15-14-5-3-11(4-6-14)1-2-12-7-13(8-16)10-17-9-12/h1-7,9-10H. The average molecular weight is 241 g/mol.